The first-order chi connectivity index (χ1) is 12.8. The van der Waals surface area contributed by atoms with E-state index in [2.05, 4.69) is 33.5 Å². The van der Waals surface area contributed by atoms with Crippen LogP contribution in [0.4, 0.5) is 0 Å². The third-order valence-corrected chi connectivity index (χ3v) is 6.85. The lowest BCUT2D eigenvalue weighted by atomic mass is 9.92. The fourth-order valence-corrected chi connectivity index (χ4v) is 5.49. The number of amides is 1. The molecule has 2 bridgehead atoms. The number of thiophene rings is 1. The molecule has 2 saturated heterocycles. The van der Waals surface area contributed by atoms with Gasteiger partial charge >= 0.3 is 0 Å². The molecule has 0 radical (unpaired) electrons. The average Bonchev–Trinajstić information content (AvgIpc) is 3.41. The lowest BCUT2D eigenvalue weighted by Gasteiger charge is -2.36. The van der Waals surface area contributed by atoms with Crippen molar-refractivity contribution in [3.8, 4) is 0 Å². The Morgan fingerprint density at radius 1 is 1.23 bits per heavy atom. The van der Waals surface area contributed by atoms with Gasteiger partial charge in [0.15, 0.2) is 0 Å². The van der Waals surface area contributed by atoms with Gasteiger partial charge in [-0.2, -0.15) is 0 Å². The molecule has 2 unspecified atom stereocenters. The second-order valence-electron chi connectivity index (χ2n) is 7.39. The van der Waals surface area contributed by atoms with Crippen molar-refractivity contribution in [3.63, 3.8) is 0 Å². The van der Waals surface area contributed by atoms with Crippen molar-refractivity contribution in [1.29, 1.82) is 0 Å². The minimum atomic E-state index is -0.154. The maximum atomic E-state index is 13.4. The summed E-state index contributed by atoms with van der Waals surface area (Å²) in [5.74, 6) is 0.185. The topological polar surface area (TPSA) is 42.4 Å². The van der Waals surface area contributed by atoms with Crippen LogP contribution in [0.25, 0.3) is 5.57 Å². The van der Waals surface area contributed by atoms with E-state index in [1.807, 2.05) is 18.3 Å². The summed E-state index contributed by atoms with van der Waals surface area (Å²) >= 11 is 1.80. The fraction of sp³-hybridized carbons (Fsp3) is 0.429. The normalized spacial score (nSPS) is 30.5. The molecule has 0 saturated carbocycles. The van der Waals surface area contributed by atoms with Crippen molar-refractivity contribution in [3.05, 3.63) is 58.6 Å². The van der Waals surface area contributed by atoms with Crippen molar-refractivity contribution in [2.75, 3.05) is 6.61 Å². The van der Waals surface area contributed by atoms with Crippen molar-refractivity contribution >= 4 is 22.8 Å². The molecule has 134 valence electrons. The SMILES string of the molecule is O=C([C@@H]1CCO[C@H]1c1cccnc1)N1C2C=C(c3cccs3)CC1CC2. The first kappa shape index (κ1) is 16.2. The minimum Gasteiger partial charge on any atom is -0.373 e. The number of ether oxygens (including phenoxy) is 1. The molecule has 5 rings (SSSR count). The number of nitrogens with zero attached hydrogens (tertiary/aromatic N) is 2. The maximum Gasteiger partial charge on any atom is 0.229 e. The van der Waals surface area contributed by atoms with Gasteiger partial charge in [0.05, 0.1) is 18.1 Å². The molecule has 0 N–H and O–H groups in total. The highest BCUT2D eigenvalue weighted by molar-refractivity contribution is 7.11. The molecule has 0 aromatic carbocycles. The zero-order valence-electron chi connectivity index (χ0n) is 14.6. The van der Waals surface area contributed by atoms with Gasteiger partial charge in [-0.05, 0) is 54.3 Å². The van der Waals surface area contributed by atoms with Crippen molar-refractivity contribution in [2.24, 2.45) is 5.92 Å². The molecule has 3 aliphatic heterocycles. The zero-order chi connectivity index (χ0) is 17.5. The minimum absolute atomic E-state index is 0.0843. The molecular weight excluding hydrogens is 344 g/mol. The number of pyridine rings is 1. The molecule has 0 aliphatic carbocycles. The van der Waals surface area contributed by atoms with Crippen LogP contribution in [0.3, 0.4) is 0 Å². The van der Waals surface area contributed by atoms with Gasteiger partial charge in [-0.1, -0.05) is 18.2 Å². The first-order valence-corrected chi connectivity index (χ1v) is 10.3. The Hall–Kier alpha value is -1.98. The molecule has 2 aromatic heterocycles. The van der Waals surface area contributed by atoms with Crippen LogP contribution in [0, 0.1) is 5.92 Å². The Kier molecular flexibility index (Phi) is 4.14. The van der Waals surface area contributed by atoms with Gasteiger partial charge < -0.3 is 9.64 Å². The molecular formula is C21H22N2O2S. The molecule has 5 heterocycles. The summed E-state index contributed by atoms with van der Waals surface area (Å²) in [6, 6.07) is 8.81. The number of hydrogen-bond donors (Lipinski definition) is 0. The standard InChI is InChI=1S/C21H22N2O2S/c24-21(18-7-9-25-20(18)14-3-1-8-22-13-14)23-16-5-6-17(23)12-15(11-16)19-4-2-10-26-19/h1-4,8,10-11,13,16-18,20H,5-7,9,12H2/t16?,17?,18-,20+/m1/s1. The zero-order valence-corrected chi connectivity index (χ0v) is 15.4. The highest BCUT2D eigenvalue weighted by atomic mass is 32.1. The molecule has 2 fully saturated rings. The van der Waals surface area contributed by atoms with Gasteiger partial charge in [-0.15, -0.1) is 11.3 Å². The summed E-state index contributed by atoms with van der Waals surface area (Å²) in [6.45, 7) is 0.648. The number of fused-ring (bicyclic) bond motifs is 2. The van der Waals surface area contributed by atoms with Crippen LogP contribution >= 0.6 is 11.3 Å². The highest BCUT2D eigenvalue weighted by Crippen LogP contribution is 2.43. The van der Waals surface area contributed by atoms with Crippen LogP contribution in [-0.2, 0) is 9.53 Å². The third-order valence-electron chi connectivity index (χ3n) is 5.91. The second kappa shape index (κ2) is 6.63. The third kappa shape index (κ3) is 2.70. The number of hydrogen-bond acceptors (Lipinski definition) is 4. The highest BCUT2D eigenvalue weighted by Gasteiger charge is 2.45. The smallest absolute Gasteiger partial charge is 0.229 e. The van der Waals surface area contributed by atoms with E-state index in [0.29, 0.717) is 12.6 Å². The van der Waals surface area contributed by atoms with Gasteiger partial charge in [-0.3, -0.25) is 9.78 Å². The number of carbonyl (C=O) groups is 1. The van der Waals surface area contributed by atoms with Gasteiger partial charge in [0.1, 0.15) is 0 Å². The Balaban J connectivity index is 1.39. The number of carbonyl (C=O) groups excluding carboxylic acids is 1. The quantitative estimate of drug-likeness (QED) is 0.822. The van der Waals surface area contributed by atoms with Crippen molar-refractivity contribution < 1.29 is 9.53 Å². The Labute approximate surface area is 157 Å². The lowest BCUT2D eigenvalue weighted by Crippen LogP contribution is -2.46. The van der Waals surface area contributed by atoms with E-state index in [1.165, 1.54) is 10.5 Å². The van der Waals surface area contributed by atoms with E-state index in [4.69, 9.17) is 4.74 Å². The molecule has 4 atom stereocenters. The van der Waals surface area contributed by atoms with Crippen LogP contribution in [0.2, 0.25) is 0 Å². The second-order valence-corrected chi connectivity index (χ2v) is 8.34. The van der Waals surface area contributed by atoms with Crippen LogP contribution in [0.15, 0.2) is 48.1 Å². The monoisotopic (exact) mass is 366 g/mol. The van der Waals surface area contributed by atoms with E-state index < -0.39 is 0 Å². The Morgan fingerprint density at radius 3 is 2.96 bits per heavy atom. The summed E-state index contributed by atoms with van der Waals surface area (Å²) in [5.41, 5.74) is 2.44. The molecule has 5 heteroatoms. The first-order valence-electron chi connectivity index (χ1n) is 9.39. The van der Waals surface area contributed by atoms with Gasteiger partial charge in [0, 0.05) is 29.9 Å². The van der Waals surface area contributed by atoms with Crippen LogP contribution in [0.1, 0.15) is 42.2 Å². The van der Waals surface area contributed by atoms with Crippen LogP contribution in [-0.4, -0.2) is 34.5 Å². The number of aromatic nitrogens is 1. The van der Waals surface area contributed by atoms with Gasteiger partial charge in [-0.25, -0.2) is 0 Å². The lowest BCUT2D eigenvalue weighted by molar-refractivity contribution is -0.139. The van der Waals surface area contributed by atoms with Crippen LogP contribution in [0.5, 0.6) is 0 Å². The van der Waals surface area contributed by atoms with Gasteiger partial charge in [0.25, 0.3) is 0 Å². The molecule has 2 aromatic rings. The fourth-order valence-electron chi connectivity index (χ4n) is 4.72. The molecule has 0 spiro atoms. The largest absolute Gasteiger partial charge is 0.373 e. The summed E-state index contributed by atoms with van der Waals surface area (Å²) in [7, 11) is 0. The molecule has 26 heavy (non-hydrogen) atoms. The molecule has 3 aliphatic rings. The predicted octanol–water partition coefficient (Wildman–Crippen LogP) is 4.07. The predicted molar refractivity (Wildman–Crippen MR) is 102 cm³/mol. The Morgan fingerprint density at radius 2 is 2.19 bits per heavy atom. The van der Waals surface area contributed by atoms with E-state index >= 15 is 0 Å². The summed E-state index contributed by atoms with van der Waals surface area (Å²) in [5, 5.41) is 2.13. The van der Waals surface area contributed by atoms with Crippen LogP contribution < -0.4 is 0 Å². The van der Waals surface area contributed by atoms with Gasteiger partial charge in [0.2, 0.25) is 5.91 Å². The number of rotatable bonds is 3. The summed E-state index contributed by atoms with van der Waals surface area (Å²) in [4.78, 5) is 21.2. The molecule has 1 amide bonds. The summed E-state index contributed by atoms with van der Waals surface area (Å²) < 4.78 is 5.93. The average molecular weight is 366 g/mol. The summed E-state index contributed by atoms with van der Waals surface area (Å²) in [6.07, 6.45) is 9.74. The molecule has 4 nitrogen and oxygen atoms in total. The van der Waals surface area contributed by atoms with E-state index in [9.17, 15) is 4.79 Å². The van der Waals surface area contributed by atoms with E-state index in [0.717, 1.165) is 31.2 Å². The van der Waals surface area contributed by atoms with Crippen molar-refractivity contribution in [2.45, 2.75) is 43.9 Å². The van der Waals surface area contributed by atoms with Crippen molar-refractivity contribution in [1.82, 2.24) is 9.88 Å². The van der Waals surface area contributed by atoms with E-state index in [1.54, 1.807) is 17.5 Å². The van der Waals surface area contributed by atoms with E-state index in [-0.39, 0.29) is 24.0 Å². The maximum absolute atomic E-state index is 13.4. The Bertz CT molecular complexity index is 818.